The standard InChI is InChI=1S/C5H7F/c6-4-5-2-1-3-5/h5H,1-3H2/i5D. The molecule has 1 fully saturated rings. The lowest BCUT2D eigenvalue weighted by atomic mass is 9.87. The van der Waals surface area contributed by atoms with Gasteiger partial charge in [-0.05, 0) is 18.7 Å². The van der Waals surface area contributed by atoms with Crippen LogP contribution < -0.4 is 0 Å². The van der Waals surface area contributed by atoms with E-state index in [9.17, 15) is 4.39 Å². The molecule has 0 aromatic rings. The highest BCUT2D eigenvalue weighted by Gasteiger charge is 2.17. The van der Waals surface area contributed by atoms with Crippen molar-refractivity contribution in [3.05, 3.63) is 6.67 Å². The second-order valence-corrected chi connectivity index (χ2v) is 1.55. The fourth-order valence-electron chi connectivity index (χ4n) is 0.448. The van der Waals surface area contributed by atoms with E-state index in [4.69, 9.17) is 1.37 Å². The third-order valence-electron chi connectivity index (χ3n) is 1.09. The molecule has 34 valence electrons. The lowest BCUT2D eigenvalue weighted by molar-refractivity contribution is 0.302. The van der Waals surface area contributed by atoms with E-state index in [0.29, 0.717) is 12.8 Å². The average Bonchev–Trinajstić information content (AvgIpc) is 1.61. The second kappa shape index (κ2) is 1.59. The van der Waals surface area contributed by atoms with E-state index in [1.165, 1.54) is 6.67 Å². The van der Waals surface area contributed by atoms with Crippen LogP contribution in [0, 0.1) is 12.6 Å². The first-order valence-electron chi connectivity index (χ1n) is 2.65. The van der Waals surface area contributed by atoms with Gasteiger partial charge in [-0.25, -0.2) is 4.39 Å². The molecule has 1 aliphatic carbocycles. The number of hydrogen-bond donors (Lipinski definition) is 0. The maximum Gasteiger partial charge on any atom is 0.188 e. The molecule has 0 saturated heterocycles. The van der Waals surface area contributed by atoms with Crippen LogP contribution in [0.4, 0.5) is 4.39 Å². The summed E-state index contributed by atoms with van der Waals surface area (Å²) in [6.45, 7) is 1.44. The fourth-order valence-corrected chi connectivity index (χ4v) is 0.448. The summed E-state index contributed by atoms with van der Waals surface area (Å²) >= 11 is 0. The summed E-state index contributed by atoms with van der Waals surface area (Å²) in [7, 11) is 0. The minimum absolute atomic E-state index is 0.656. The quantitative estimate of drug-likeness (QED) is 0.457. The van der Waals surface area contributed by atoms with Gasteiger partial charge in [-0.15, -0.1) is 0 Å². The third kappa shape index (κ3) is 0.537. The molecule has 0 atom stereocenters. The molecule has 0 aromatic heterocycles. The molecule has 2 radical (unpaired) electrons. The van der Waals surface area contributed by atoms with Crippen LogP contribution in [0.2, 0.25) is 0 Å². The second-order valence-electron chi connectivity index (χ2n) is 1.55. The molecule has 0 amide bonds. The van der Waals surface area contributed by atoms with E-state index in [1.807, 2.05) is 0 Å². The van der Waals surface area contributed by atoms with Crippen molar-refractivity contribution in [3.8, 4) is 0 Å². The average molecular weight is 87.1 g/mol. The SMILES string of the molecule is [2H]C1([C]F)CCC1. The number of halogens is 1. The maximum atomic E-state index is 11.4. The van der Waals surface area contributed by atoms with Crippen molar-refractivity contribution in [2.75, 3.05) is 0 Å². The van der Waals surface area contributed by atoms with Crippen molar-refractivity contribution in [2.45, 2.75) is 19.3 Å². The molecule has 1 aliphatic rings. The monoisotopic (exact) mass is 87.1 g/mol. The smallest absolute Gasteiger partial charge is 0.188 e. The van der Waals surface area contributed by atoms with Gasteiger partial charge in [0.15, 0.2) is 6.67 Å². The number of rotatable bonds is 1. The van der Waals surface area contributed by atoms with Crippen molar-refractivity contribution in [1.29, 1.82) is 0 Å². The Balaban J connectivity index is 2.29. The van der Waals surface area contributed by atoms with E-state index in [1.54, 1.807) is 0 Å². The Hall–Kier alpha value is -0.0700. The van der Waals surface area contributed by atoms with Crippen LogP contribution in [0.15, 0.2) is 0 Å². The molecule has 0 nitrogen and oxygen atoms in total. The molecular weight excluding hydrogens is 79.1 g/mol. The van der Waals surface area contributed by atoms with Crippen molar-refractivity contribution >= 4 is 0 Å². The van der Waals surface area contributed by atoms with E-state index in [-0.39, 0.29) is 0 Å². The first-order valence-corrected chi connectivity index (χ1v) is 2.15. The van der Waals surface area contributed by atoms with Crippen molar-refractivity contribution in [2.24, 2.45) is 5.89 Å². The predicted octanol–water partition coefficient (Wildman–Crippen LogP) is 1.79. The van der Waals surface area contributed by atoms with Gasteiger partial charge in [0.2, 0.25) is 0 Å². The lowest BCUT2D eigenvalue weighted by Crippen LogP contribution is -2.08. The normalized spacial score (nSPS) is 31.2. The summed E-state index contributed by atoms with van der Waals surface area (Å²) in [5.41, 5.74) is 0. The van der Waals surface area contributed by atoms with Gasteiger partial charge in [-0.1, -0.05) is 6.42 Å². The fraction of sp³-hybridized carbons (Fsp3) is 0.800. The Labute approximate surface area is 38.8 Å². The molecule has 0 spiro atoms. The Morgan fingerprint density at radius 1 is 1.83 bits per heavy atom. The number of hydrogen-bond acceptors (Lipinski definition) is 0. The van der Waals surface area contributed by atoms with Crippen LogP contribution in [0.3, 0.4) is 0 Å². The van der Waals surface area contributed by atoms with Crippen LogP contribution in [0.25, 0.3) is 0 Å². The van der Waals surface area contributed by atoms with Crippen molar-refractivity contribution in [1.82, 2.24) is 0 Å². The van der Waals surface area contributed by atoms with E-state index in [0.717, 1.165) is 6.42 Å². The van der Waals surface area contributed by atoms with Crippen LogP contribution in [-0.4, -0.2) is 0 Å². The first kappa shape index (κ1) is 3.00. The van der Waals surface area contributed by atoms with Crippen LogP contribution in [0.1, 0.15) is 20.6 Å². The summed E-state index contributed by atoms with van der Waals surface area (Å²) < 4.78 is 18.4. The van der Waals surface area contributed by atoms with Crippen LogP contribution in [0.5, 0.6) is 0 Å². The topological polar surface area (TPSA) is 0 Å². The summed E-state index contributed by atoms with van der Waals surface area (Å²) in [5.74, 6) is -0.903. The summed E-state index contributed by atoms with van der Waals surface area (Å²) in [6, 6.07) is 0. The van der Waals surface area contributed by atoms with Crippen LogP contribution in [-0.2, 0) is 0 Å². The van der Waals surface area contributed by atoms with Crippen molar-refractivity contribution < 1.29 is 5.76 Å². The zero-order valence-corrected chi connectivity index (χ0v) is 3.50. The van der Waals surface area contributed by atoms with Gasteiger partial charge < -0.3 is 0 Å². The highest BCUT2D eigenvalue weighted by molar-refractivity contribution is 4.74. The minimum Gasteiger partial charge on any atom is -0.236 e. The largest absolute Gasteiger partial charge is 0.236 e. The molecule has 0 bridgehead atoms. The summed E-state index contributed by atoms with van der Waals surface area (Å²) in [4.78, 5) is 0. The van der Waals surface area contributed by atoms with Gasteiger partial charge in [0.1, 0.15) is 0 Å². The Morgan fingerprint density at radius 2 is 2.50 bits per heavy atom. The molecule has 6 heavy (non-hydrogen) atoms. The zero-order chi connectivity index (χ0) is 5.33. The van der Waals surface area contributed by atoms with Crippen LogP contribution >= 0.6 is 0 Å². The van der Waals surface area contributed by atoms with Gasteiger partial charge in [-0.3, -0.25) is 0 Å². The van der Waals surface area contributed by atoms with Gasteiger partial charge in [0.05, 0.1) is 0 Å². The molecule has 0 N–H and O–H groups in total. The molecule has 0 aliphatic heterocycles. The zero-order valence-electron chi connectivity index (χ0n) is 4.50. The van der Waals surface area contributed by atoms with Crippen molar-refractivity contribution in [3.63, 3.8) is 0 Å². The molecule has 0 aromatic carbocycles. The van der Waals surface area contributed by atoms with E-state index >= 15 is 0 Å². The highest BCUT2D eigenvalue weighted by Crippen LogP contribution is 2.28. The lowest BCUT2D eigenvalue weighted by Gasteiger charge is -2.19. The highest BCUT2D eigenvalue weighted by atomic mass is 19.1. The maximum absolute atomic E-state index is 11.4. The summed E-state index contributed by atoms with van der Waals surface area (Å²) in [5, 5.41) is 0. The molecule has 1 saturated carbocycles. The summed E-state index contributed by atoms with van der Waals surface area (Å²) in [6.07, 6.45) is 2.30. The molecule has 0 unspecified atom stereocenters. The Morgan fingerprint density at radius 3 is 2.50 bits per heavy atom. The minimum atomic E-state index is -0.903. The van der Waals surface area contributed by atoms with Gasteiger partial charge in [0, 0.05) is 1.37 Å². The van der Waals surface area contributed by atoms with Gasteiger partial charge in [0.25, 0.3) is 0 Å². The Bertz CT molecular complexity index is 63.0. The molecule has 0 heterocycles. The van der Waals surface area contributed by atoms with E-state index in [2.05, 4.69) is 0 Å². The first-order chi connectivity index (χ1) is 3.27. The molecular formula is C5H7F. The molecule has 1 heteroatoms. The molecule has 1 rings (SSSR count). The van der Waals surface area contributed by atoms with Gasteiger partial charge in [-0.2, -0.15) is 0 Å². The van der Waals surface area contributed by atoms with E-state index < -0.39 is 5.89 Å². The third-order valence-corrected chi connectivity index (χ3v) is 1.09. The Kier molecular flexibility index (Phi) is 0.793. The van der Waals surface area contributed by atoms with Gasteiger partial charge >= 0.3 is 0 Å². The predicted molar refractivity (Wildman–Crippen MR) is 21.7 cm³/mol.